The number of hydrogen-bond acceptors (Lipinski definition) is 26. The lowest BCUT2D eigenvalue weighted by molar-refractivity contribution is -0.343. The smallest absolute Gasteiger partial charge is 0.186 e. The molecule has 0 radical (unpaired) electrons. The molecule has 0 aromatic carbocycles. The topological polar surface area (TPSA) is 456 Å². The van der Waals surface area contributed by atoms with Gasteiger partial charge < -0.3 is 109 Å². The fraction of sp³-hybridized carbons (Fsp3) is 1.00. The van der Waals surface area contributed by atoms with Gasteiger partial charge in [-0.2, -0.15) is 5.06 Å². The number of unbranched alkanes of at least 4 members (excludes halogenated alkanes) is 1. The highest BCUT2D eigenvalue weighted by Crippen LogP contribution is 2.28. The lowest BCUT2D eigenvalue weighted by atomic mass is 9.97. The molecule has 380 valence electrons. The van der Waals surface area contributed by atoms with E-state index in [1.54, 1.807) is 7.11 Å². The molecule has 65 heavy (non-hydrogen) atoms. The molecule has 0 amide bonds. The maximum absolute atomic E-state index is 10.3. The fourth-order valence-corrected chi connectivity index (χ4v) is 6.61. The number of azide groups is 2. The van der Waals surface area contributed by atoms with Gasteiger partial charge in [-0.25, -0.2) is 0 Å². The molecule has 0 aromatic rings. The standard InChI is InChI=1S/C17H32N4O11.C13H24O11.C5H11N3O/c1-28-6-8-10(22)13(25)15(27)17(32-8)30-7-9-11(23)12(24)14(26)16(31-9)21(29-2)5-3-4-19-20-18;1-21-2-4-6(14)9(17)11(19)13(24-4)22-3-5-7(15)8(16)10(18)12(20)23-5;1-9-5-3-2-4-7-8-6/h8-17,22-27H,3-7H2,1-2H3;4-20H,2-3H2,1H3;2-5H2,1H3/t8?,9?,10-,11-,12+,13+,14?,15?,16-,17+;4?,5?,6-,7-,8+,9+,10?,11?,12?,13+;/m11./s1. The molecule has 0 saturated carbocycles. The predicted molar refractivity (Wildman–Crippen MR) is 212 cm³/mol. The Bertz CT molecular complexity index is 1400. The van der Waals surface area contributed by atoms with E-state index in [9.17, 15) is 66.4 Å². The molecule has 0 bridgehead atoms. The second-order valence-electron chi connectivity index (χ2n) is 15.0. The third-order valence-electron chi connectivity index (χ3n) is 10.4. The first-order valence-corrected chi connectivity index (χ1v) is 20.4. The van der Waals surface area contributed by atoms with Gasteiger partial charge in [0.1, 0.15) is 97.7 Å². The summed E-state index contributed by atoms with van der Waals surface area (Å²) in [5, 5.41) is 137. The summed E-state index contributed by atoms with van der Waals surface area (Å²) in [7, 11) is 5.72. The van der Waals surface area contributed by atoms with E-state index in [-0.39, 0.29) is 26.3 Å². The highest BCUT2D eigenvalue weighted by atomic mass is 16.7. The number of rotatable bonds is 21. The third-order valence-corrected chi connectivity index (χ3v) is 10.4. The van der Waals surface area contributed by atoms with Crippen LogP contribution in [-0.2, 0) is 47.5 Å². The minimum atomic E-state index is -1.72. The first kappa shape index (κ1) is 58.8. The molecule has 0 spiro atoms. The van der Waals surface area contributed by atoms with Crippen molar-refractivity contribution < 1.29 is 114 Å². The molecule has 20 atom stereocenters. The molecule has 4 saturated heterocycles. The predicted octanol–water partition coefficient (Wildman–Crippen LogP) is -6.19. The number of hydrogen-bond donors (Lipinski definition) is 13. The number of nitrogens with zero attached hydrogens (tertiary/aromatic N) is 7. The molecular weight excluding hydrogens is 886 g/mol. The molecule has 0 aliphatic carbocycles. The van der Waals surface area contributed by atoms with E-state index in [0.29, 0.717) is 13.0 Å². The summed E-state index contributed by atoms with van der Waals surface area (Å²) in [6.45, 7) is 0.733. The number of aliphatic hydroxyl groups is 13. The van der Waals surface area contributed by atoms with Crippen molar-refractivity contribution in [2.45, 2.75) is 142 Å². The SMILES string of the molecule is COCC1O[C@H](OCC2OC(O)C(O)[C@@H](O)[C@@H]2O)C(O)[C@@H](O)[C@@H]1O.COCC1O[C@H](OCC2O[C@@H](N(CCCN=[N+]=[N-])OC)C(O)[C@@H](O)[C@@H]2O)C(O)[C@@H](O)[C@@H]1O.COCCCCN=[N+]=[N-]. The van der Waals surface area contributed by atoms with Crippen LogP contribution in [0.1, 0.15) is 19.3 Å². The number of aliphatic hydroxyl groups excluding tert-OH is 13. The van der Waals surface area contributed by atoms with Crippen LogP contribution in [-0.4, -0.2) is 275 Å². The summed E-state index contributed by atoms with van der Waals surface area (Å²) in [6.07, 6.45) is -26.3. The van der Waals surface area contributed by atoms with Crippen molar-refractivity contribution in [2.75, 3.05) is 81.1 Å². The summed E-state index contributed by atoms with van der Waals surface area (Å²) >= 11 is 0. The van der Waals surface area contributed by atoms with Gasteiger partial charge in [0.05, 0.1) is 33.5 Å². The molecule has 13 N–H and O–H groups in total. The normalized spacial score (nSPS) is 39.5. The molecule has 4 rings (SSSR count). The summed E-state index contributed by atoms with van der Waals surface area (Å²) in [6, 6.07) is 0. The maximum atomic E-state index is 10.3. The van der Waals surface area contributed by atoms with Crippen LogP contribution in [0.25, 0.3) is 20.9 Å². The first-order chi connectivity index (χ1) is 30.9. The van der Waals surface area contributed by atoms with Crippen LogP contribution >= 0.6 is 0 Å². The van der Waals surface area contributed by atoms with Gasteiger partial charge in [0.2, 0.25) is 0 Å². The zero-order valence-corrected chi connectivity index (χ0v) is 36.4. The van der Waals surface area contributed by atoms with Gasteiger partial charge in [-0.05, 0) is 30.3 Å². The first-order valence-electron chi connectivity index (χ1n) is 20.4. The van der Waals surface area contributed by atoms with Crippen molar-refractivity contribution in [2.24, 2.45) is 10.2 Å². The van der Waals surface area contributed by atoms with Crippen LogP contribution < -0.4 is 0 Å². The molecular formula is C35H67N7O23. The van der Waals surface area contributed by atoms with E-state index < -0.39 is 136 Å². The molecule has 30 nitrogen and oxygen atoms in total. The van der Waals surface area contributed by atoms with Crippen LogP contribution in [0.15, 0.2) is 10.2 Å². The molecule has 0 aromatic heterocycles. The summed E-state index contributed by atoms with van der Waals surface area (Å²) in [4.78, 5) is 10.5. The zero-order valence-electron chi connectivity index (χ0n) is 36.4. The molecule has 4 aliphatic rings. The van der Waals surface area contributed by atoms with E-state index in [4.69, 9.17) is 58.5 Å². The van der Waals surface area contributed by atoms with Crippen LogP contribution in [0.2, 0.25) is 0 Å². The van der Waals surface area contributed by atoms with Gasteiger partial charge in [0, 0.05) is 57.4 Å². The fourth-order valence-electron chi connectivity index (χ4n) is 6.61. The molecule has 4 fully saturated rings. The molecule has 9 unspecified atom stereocenters. The quantitative estimate of drug-likeness (QED) is 0.0167. The highest BCUT2D eigenvalue weighted by molar-refractivity contribution is 4.94. The summed E-state index contributed by atoms with van der Waals surface area (Å²) in [5.74, 6) is 0. The Kier molecular flexibility index (Phi) is 28.0. The van der Waals surface area contributed by atoms with Crippen molar-refractivity contribution in [3.8, 4) is 0 Å². The third kappa shape index (κ3) is 17.6. The van der Waals surface area contributed by atoms with Crippen molar-refractivity contribution >= 4 is 0 Å². The second-order valence-corrected chi connectivity index (χ2v) is 15.0. The van der Waals surface area contributed by atoms with E-state index in [1.807, 2.05) is 0 Å². The Morgan fingerprint density at radius 3 is 1.31 bits per heavy atom. The zero-order chi connectivity index (χ0) is 48.8. The molecule has 4 heterocycles. The van der Waals surface area contributed by atoms with Gasteiger partial charge >= 0.3 is 0 Å². The Morgan fingerprint density at radius 2 is 0.877 bits per heavy atom. The lowest BCUT2D eigenvalue weighted by Gasteiger charge is -2.45. The Hall–Kier alpha value is -2.34. The summed E-state index contributed by atoms with van der Waals surface area (Å²) < 4.78 is 46.6. The minimum absolute atomic E-state index is 0.0586. The average molecular weight is 954 g/mol. The van der Waals surface area contributed by atoms with Crippen LogP contribution in [0.3, 0.4) is 0 Å². The number of methoxy groups -OCH3 is 3. The minimum Gasteiger partial charge on any atom is -0.387 e. The lowest BCUT2D eigenvalue weighted by Crippen LogP contribution is -2.64. The highest BCUT2D eigenvalue weighted by Gasteiger charge is 2.50. The van der Waals surface area contributed by atoms with Crippen molar-refractivity contribution in [3.63, 3.8) is 0 Å². The number of ether oxygens (including phenoxy) is 9. The maximum Gasteiger partial charge on any atom is 0.186 e. The number of hydroxylamine groups is 2. The van der Waals surface area contributed by atoms with Gasteiger partial charge in [-0.3, -0.25) is 4.84 Å². The van der Waals surface area contributed by atoms with Gasteiger partial charge in [0.25, 0.3) is 0 Å². The Labute approximate surface area is 373 Å². The summed E-state index contributed by atoms with van der Waals surface area (Å²) in [5.41, 5.74) is 16.2. The Morgan fingerprint density at radius 1 is 0.462 bits per heavy atom. The van der Waals surface area contributed by atoms with Crippen LogP contribution in [0, 0.1) is 0 Å². The van der Waals surface area contributed by atoms with Crippen molar-refractivity contribution in [1.29, 1.82) is 0 Å². The van der Waals surface area contributed by atoms with E-state index in [1.165, 1.54) is 26.4 Å². The van der Waals surface area contributed by atoms with Crippen LogP contribution in [0.5, 0.6) is 0 Å². The molecule has 4 aliphatic heterocycles. The average Bonchev–Trinajstić information content (AvgIpc) is 3.30. The van der Waals surface area contributed by atoms with Gasteiger partial charge in [0.15, 0.2) is 25.1 Å². The van der Waals surface area contributed by atoms with Crippen molar-refractivity contribution in [1.82, 2.24) is 5.06 Å². The van der Waals surface area contributed by atoms with Crippen LogP contribution in [0.4, 0.5) is 0 Å². The molecule has 30 heteroatoms. The largest absolute Gasteiger partial charge is 0.387 e. The van der Waals surface area contributed by atoms with Crippen molar-refractivity contribution in [3.05, 3.63) is 20.9 Å². The Balaban J connectivity index is 0.000000386. The monoisotopic (exact) mass is 953 g/mol. The van der Waals surface area contributed by atoms with E-state index in [2.05, 4.69) is 20.1 Å². The second kappa shape index (κ2) is 30.9. The van der Waals surface area contributed by atoms with E-state index >= 15 is 0 Å². The van der Waals surface area contributed by atoms with Gasteiger partial charge in [-0.15, -0.1) is 0 Å². The van der Waals surface area contributed by atoms with Gasteiger partial charge in [-0.1, -0.05) is 10.2 Å². The van der Waals surface area contributed by atoms with E-state index in [0.717, 1.165) is 19.4 Å².